The normalized spacial score (nSPS) is 12.3. The summed E-state index contributed by atoms with van der Waals surface area (Å²) in [6.07, 6.45) is 0.761. The highest BCUT2D eigenvalue weighted by atomic mass is 16.3. The van der Waals surface area contributed by atoms with Gasteiger partial charge in [0.2, 0.25) is 11.6 Å². The van der Waals surface area contributed by atoms with E-state index in [0.29, 0.717) is 22.9 Å². The quantitative estimate of drug-likeness (QED) is 0.550. The molecule has 0 spiro atoms. The molecule has 0 aliphatic rings. The van der Waals surface area contributed by atoms with Gasteiger partial charge < -0.3 is 15.7 Å². The lowest BCUT2D eigenvalue weighted by molar-refractivity contribution is 0.271. The molecule has 3 rings (SSSR count). The molecule has 23 heavy (non-hydrogen) atoms. The SMILES string of the molecule is CC[C@@H](CO)Nc1nc(Nc2ccc(C)cc2)c2n[nH]nc2n1. The van der Waals surface area contributed by atoms with Crippen LogP contribution in [0.2, 0.25) is 0 Å². The average molecular weight is 313 g/mol. The molecule has 8 heteroatoms. The Labute approximate surface area is 133 Å². The number of hydrogen-bond donors (Lipinski definition) is 4. The highest BCUT2D eigenvalue weighted by Gasteiger charge is 2.14. The van der Waals surface area contributed by atoms with Crippen molar-refractivity contribution in [2.24, 2.45) is 0 Å². The minimum Gasteiger partial charge on any atom is -0.394 e. The molecule has 4 N–H and O–H groups in total. The molecular weight excluding hydrogens is 294 g/mol. The van der Waals surface area contributed by atoms with Crippen LogP contribution in [-0.2, 0) is 0 Å². The molecule has 0 bridgehead atoms. The fourth-order valence-corrected chi connectivity index (χ4v) is 2.13. The number of rotatable bonds is 6. The number of nitrogens with one attached hydrogen (secondary N) is 3. The zero-order valence-electron chi connectivity index (χ0n) is 13.0. The van der Waals surface area contributed by atoms with Gasteiger partial charge in [0.15, 0.2) is 11.3 Å². The van der Waals surface area contributed by atoms with Crippen LogP contribution in [0.4, 0.5) is 17.5 Å². The molecule has 120 valence electrons. The van der Waals surface area contributed by atoms with E-state index in [2.05, 4.69) is 36.0 Å². The number of hydrogen-bond acceptors (Lipinski definition) is 7. The van der Waals surface area contributed by atoms with Crippen molar-refractivity contribution >= 4 is 28.6 Å². The zero-order chi connectivity index (χ0) is 16.2. The van der Waals surface area contributed by atoms with Gasteiger partial charge in [-0.1, -0.05) is 24.6 Å². The number of aromatic amines is 1. The summed E-state index contributed by atoms with van der Waals surface area (Å²) >= 11 is 0. The molecule has 0 amide bonds. The van der Waals surface area contributed by atoms with Gasteiger partial charge in [0, 0.05) is 5.69 Å². The first-order valence-electron chi connectivity index (χ1n) is 7.49. The van der Waals surface area contributed by atoms with Crippen LogP contribution in [0, 0.1) is 6.92 Å². The fourth-order valence-electron chi connectivity index (χ4n) is 2.13. The van der Waals surface area contributed by atoms with Crippen molar-refractivity contribution in [3.05, 3.63) is 29.8 Å². The van der Waals surface area contributed by atoms with E-state index in [1.807, 2.05) is 38.1 Å². The van der Waals surface area contributed by atoms with Gasteiger partial charge in [-0.3, -0.25) is 0 Å². The predicted molar refractivity (Wildman–Crippen MR) is 88.7 cm³/mol. The van der Waals surface area contributed by atoms with Crippen molar-refractivity contribution in [3.63, 3.8) is 0 Å². The summed E-state index contributed by atoms with van der Waals surface area (Å²) in [6.45, 7) is 4.03. The number of fused-ring (bicyclic) bond motifs is 1. The van der Waals surface area contributed by atoms with Crippen LogP contribution in [0.15, 0.2) is 24.3 Å². The zero-order valence-corrected chi connectivity index (χ0v) is 13.0. The van der Waals surface area contributed by atoms with Crippen molar-refractivity contribution in [2.75, 3.05) is 17.2 Å². The van der Waals surface area contributed by atoms with Gasteiger partial charge in [-0.05, 0) is 25.5 Å². The lowest BCUT2D eigenvalue weighted by Gasteiger charge is -2.14. The number of benzene rings is 1. The maximum atomic E-state index is 9.32. The molecular formula is C15H19N7O. The molecule has 0 aliphatic heterocycles. The monoisotopic (exact) mass is 313 g/mol. The predicted octanol–water partition coefficient (Wildman–Crippen LogP) is 1.98. The van der Waals surface area contributed by atoms with Gasteiger partial charge in [-0.2, -0.15) is 20.3 Å². The van der Waals surface area contributed by atoms with Crippen LogP contribution >= 0.6 is 0 Å². The third kappa shape index (κ3) is 3.37. The standard InChI is InChI=1S/C15H19N7O/c1-3-10(8-23)17-15-18-13(12-14(19-15)21-22-20-12)16-11-6-4-9(2)5-7-11/h4-7,10,23H,3,8H2,1-2H3,(H3,16,17,18,19,20,21,22)/t10-/m0/s1. The molecule has 1 aromatic carbocycles. The summed E-state index contributed by atoms with van der Waals surface area (Å²) in [5, 5.41) is 26.3. The van der Waals surface area contributed by atoms with Crippen LogP contribution in [0.5, 0.6) is 0 Å². The minimum absolute atomic E-state index is 0.0113. The molecule has 0 saturated heterocycles. The Hall–Kier alpha value is -2.74. The maximum absolute atomic E-state index is 9.32. The van der Waals surface area contributed by atoms with Gasteiger partial charge in [-0.15, -0.1) is 5.10 Å². The highest BCUT2D eigenvalue weighted by molar-refractivity contribution is 5.85. The van der Waals surface area contributed by atoms with E-state index < -0.39 is 0 Å². The molecule has 0 fully saturated rings. The van der Waals surface area contributed by atoms with Gasteiger partial charge in [-0.25, -0.2) is 0 Å². The average Bonchev–Trinajstić information content (AvgIpc) is 3.03. The van der Waals surface area contributed by atoms with Crippen molar-refractivity contribution in [2.45, 2.75) is 26.3 Å². The molecule has 3 aromatic rings. The smallest absolute Gasteiger partial charge is 0.227 e. The number of anilines is 3. The Kier molecular flexibility index (Phi) is 4.33. The Morgan fingerprint density at radius 1 is 1.17 bits per heavy atom. The second-order valence-electron chi connectivity index (χ2n) is 5.31. The third-order valence-electron chi connectivity index (χ3n) is 3.54. The molecule has 2 heterocycles. The van der Waals surface area contributed by atoms with Gasteiger partial charge in [0.25, 0.3) is 0 Å². The summed E-state index contributed by atoms with van der Waals surface area (Å²) in [5.74, 6) is 0.963. The first kappa shape index (κ1) is 15.2. The molecule has 8 nitrogen and oxygen atoms in total. The maximum Gasteiger partial charge on any atom is 0.227 e. The van der Waals surface area contributed by atoms with E-state index in [4.69, 9.17) is 0 Å². The van der Waals surface area contributed by atoms with E-state index in [9.17, 15) is 5.11 Å². The lowest BCUT2D eigenvalue weighted by atomic mass is 10.2. The second kappa shape index (κ2) is 6.57. The summed E-state index contributed by atoms with van der Waals surface area (Å²) in [6, 6.07) is 7.87. The van der Waals surface area contributed by atoms with E-state index in [1.165, 1.54) is 5.56 Å². The van der Waals surface area contributed by atoms with E-state index in [0.717, 1.165) is 12.1 Å². The van der Waals surface area contributed by atoms with Crippen LogP contribution in [0.1, 0.15) is 18.9 Å². The highest BCUT2D eigenvalue weighted by Crippen LogP contribution is 2.22. The molecule has 0 unspecified atom stereocenters. The van der Waals surface area contributed by atoms with Crippen molar-refractivity contribution in [1.29, 1.82) is 0 Å². The lowest BCUT2D eigenvalue weighted by Crippen LogP contribution is -2.24. The molecule has 1 atom stereocenters. The minimum atomic E-state index is -0.105. The number of H-pyrrole nitrogens is 1. The Balaban J connectivity index is 1.94. The Bertz CT molecular complexity index is 780. The largest absolute Gasteiger partial charge is 0.394 e. The van der Waals surface area contributed by atoms with E-state index in [1.54, 1.807) is 0 Å². The fraction of sp³-hybridized carbons (Fsp3) is 0.333. The van der Waals surface area contributed by atoms with Gasteiger partial charge >= 0.3 is 0 Å². The van der Waals surface area contributed by atoms with Crippen molar-refractivity contribution in [3.8, 4) is 0 Å². The molecule has 0 radical (unpaired) electrons. The summed E-state index contributed by atoms with van der Waals surface area (Å²) in [7, 11) is 0. The molecule has 0 saturated carbocycles. The third-order valence-corrected chi connectivity index (χ3v) is 3.54. The van der Waals surface area contributed by atoms with Gasteiger partial charge in [0.1, 0.15) is 0 Å². The number of aliphatic hydroxyl groups excluding tert-OH is 1. The van der Waals surface area contributed by atoms with Crippen LogP contribution in [0.3, 0.4) is 0 Å². The second-order valence-corrected chi connectivity index (χ2v) is 5.31. The number of aliphatic hydroxyl groups is 1. The van der Waals surface area contributed by atoms with Crippen LogP contribution in [0.25, 0.3) is 11.2 Å². The number of nitrogens with zero attached hydrogens (tertiary/aromatic N) is 4. The summed E-state index contributed by atoms with van der Waals surface area (Å²) < 4.78 is 0. The van der Waals surface area contributed by atoms with E-state index >= 15 is 0 Å². The van der Waals surface area contributed by atoms with Gasteiger partial charge in [0.05, 0.1) is 12.6 Å². The Morgan fingerprint density at radius 3 is 2.65 bits per heavy atom. The summed E-state index contributed by atoms with van der Waals surface area (Å²) in [5.41, 5.74) is 3.11. The Morgan fingerprint density at radius 2 is 1.96 bits per heavy atom. The van der Waals surface area contributed by atoms with Crippen molar-refractivity contribution < 1.29 is 5.11 Å². The topological polar surface area (TPSA) is 112 Å². The van der Waals surface area contributed by atoms with Crippen molar-refractivity contribution in [1.82, 2.24) is 25.4 Å². The number of aromatic nitrogens is 5. The first-order valence-corrected chi connectivity index (χ1v) is 7.49. The van der Waals surface area contributed by atoms with Crippen LogP contribution in [-0.4, -0.2) is 43.1 Å². The molecule has 2 aromatic heterocycles. The first-order chi connectivity index (χ1) is 11.2. The summed E-state index contributed by atoms with van der Waals surface area (Å²) in [4.78, 5) is 8.77. The van der Waals surface area contributed by atoms with Crippen LogP contribution < -0.4 is 10.6 Å². The van der Waals surface area contributed by atoms with E-state index in [-0.39, 0.29) is 12.6 Å². The molecule has 0 aliphatic carbocycles. The number of aryl methyl sites for hydroxylation is 1.